The third kappa shape index (κ3) is 2.84. The van der Waals surface area contributed by atoms with Gasteiger partial charge in [-0.25, -0.2) is 4.98 Å². The maximum Gasteiger partial charge on any atom is 0.226 e. The zero-order valence-corrected chi connectivity index (χ0v) is 12.5. The first-order valence-corrected chi connectivity index (χ1v) is 6.94. The Labute approximate surface area is 125 Å². The molecule has 0 amide bonds. The normalized spacial score (nSPS) is 10.6. The maximum absolute atomic E-state index is 5.87. The Hall–Kier alpha value is -2.49. The van der Waals surface area contributed by atoms with Gasteiger partial charge in [0.25, 0.3) is 0 Å². The Bertz CT molecular complexity index is 730. The molecule has 3 rings (SSSR count). The average Bonchev–Trinajstić information content (AvgIpc) is 2.98. The van der Waals surface area contributed by atoms with Crippen molar-refractivity contribution in [2.24, 2.45) is 0 Å². The molecule has 3 aromatic rings. The summed E-state index contributed by atoms with van der Waals surface area (Å²) in [6.07, 6.45) is 1.78. The van der Waals surface area contributed by atoms with Crippen LogP contribution in [0.25, 0.3) is 22.8 Å². The minimum Gasteiger partial charge on any atom is -0.436 e. The molecule has 0 spiro atoms. The van der Waals surface area contributed by atoms with Crippen LogP contribution in [0.4, 0.5) is 5.69 Å². The second kappa shape index (κ2) is 5.48. The average molecular weight is 276 g/mol. The fourth-order valence-electron chi connectivity index (χ4n) is 2.16. The summed E-state index contributed by atoms with van der Waals surface area (Å²) in [6, 6.07) is 16.4. The second-order valence-corrected chi connectivity index (χ2v) is 5.34. The quantitative estimate of drug-likeness (QED) is 0.688. The molecule has 0 radical (unpaired) electrons. The largest absolute Gasteiger partial charge is 0.436 e. The van der Waals surface area contributed by atoms with Crippen molar-refractivity contribution in [2.45, 2.75) is 0 Å². The molecule has 0 unspecified atom stereocenters. The van der Waals surface area contributed by atoms with Crippen LogP contribution in [0, 0.1) is 0 Å². The molecule has 0 bridgehead atoms. The summed E-state index contributed by atoms with van der Waals surface area (Å²) < 4.78 is 5.87. The SMILES string of the molecule is Bc1ccc(-c2ncc(-c3ccc(N(C)C)cc3)o2)cc1. The van der Waals surface area contributed by atoms with E-state index in [1.807, 2.05) is 26.2 Å². The van der Waals surface area contributed by atoms with E-state index in [0.717, 1.165) is 22.6 Å². The molecule has 0 atom stereocenters. The van der Waals surface area contributed by atoms with Crippen molar-refractivity contribution in [3.05, 3.63) is 54.7 Å². The van der Waals surface area contributed by atoms with Crippen LogP contribution in [0.3, 0.4) is 0 Å². The number of benzene rings is 2. The summed E-state index contributed by atoms with van der Waals surface area (Å²) >= 11 is 0. The molecule has 21 heavy (non-hydrogen) atoms. The van der Waals surface area contributed by atoms with Crippen LogP contribution in [0.5, 0.6) is 0 Å². The zero-order valence-electron chi connectivity index (χ0n) is 12.5. The maximum atomic E-state index is 5.87. The van der Waals surface area contributed by atoms with Crippen LogP contribution in [0.2, 0.25) is 0 Å². The van der Waals surface area contributed by atoms with E-state index >= 15 is 0 Å². The molecule has 0 aliphatic heterocycles. The molecule has 4 heteroatoms. The van der Waals surface area contributed by atoms with E-state index in [9.17, 15) is 0 Å². The van der Waals surface area contributed by atoms with E-state index in [-0.39, 0.29) is 0 Å². The van der Waals surface area contributed by atoms with Gasteiger partial charge in [0.2, 0.25) is 5.89 Å². The number of aromatic nitrogens is 1. The first kappa shape index (κ1) is 13.5. The van der Waals surface area contributed by atoms with Crippen molar-refractivity contribution in [3.63, 3.8) is 0 Å². The van der Waals surface area contributed by atoms with Crippen LogP contribution in [-0.2, 0) is 0 Å². The predicted octanol–water partition coefficient (Wildman–Crippen LogP) is 2.33. The fraction of sp³-hybridized carbons (Fsp3) is 0.118. The van der Waals surface area contributed by atoms with Crippen LogP contribution in [-0.4, -0.2) is 26.9 Å². The smallest absolute Gasteiger partial charge is 0.226 e. The van der Waals surface area contributed by atoms with Gasteiger partial charge in [-0.15, -0.1) is 0 Å². The van der Waals surface area contributed by atoms with Gasteiger partial charge in [-0.05, 0) is 24.3 Å². The lowest BCUT2D eigenvalue weighted by Crippen LogP contribution is -2.07. The molecule has 0 fully saturated rings. The molecule has 1 aromatic heterocycles. The Balaban J connectivity index is 1.89. The number of nitrogens with zero attached hydrogens (tertiary/aromatic N) is 2. The van der Waals surface area contributed by atoms with Crippen molar-refractivity contribution in [1.29, 1.82) is 0 Å². The highest BCUT2D eigenvalue weighted by atomic mass is 16.4. The van der Waals surface area contributed by atoms with Gasteiger partial charge in [0.05, 0.1) is 6.20 Å². The molecule has 2 aromatic carbocycles. The molecule has 0 N–H and O–H groups in total. The molecule has 104 valence electrons. The molecule has 0 aliphatic rings. The number of hydrogen-bond donors (Lipinski definition) is 0. The number of oxazole rings is 1. The summed E-state index contributed by atoms with van der Waals surface area (Å²) in [5.41, 5.74) is 4.42. The van der Waals surface area contributed by atoms with Crippen molar-refractivity contribution < 1.29 is 4.42 Å². The lowest BCUT2D eigenvalue weighted by atomic mass is 9.95. The third-order valence-corrected chi connectivity index (χ3v) is 3.47. The summed E-state index contributed by atoms with van der Waals surface area (Å²) in [6.45, 7) is 0. The number of hydrogen-bond acceptors (Lipinski definition) is 3. The van der Waals surface area contributed by atoms with Gasteiger partial charge in [0.15, 0.2) is 5.76 Å². The minimum atomic E-state index is 0.654. The summed E-state index contributed by atoms with van der Waals surface area (Å²) in [7, 11) is 6.12. The minimum absolute atomic E-state index is 0.654. The summed E-state index contributed by atoms with van der Waals surface area (Å²) in [4.78, 5) is 6.44. The number of rotatable bonds is 3. The molecule has 3 nitrogen and oxygen atoms in total. The number of anilines is 1. The zero-order chi connectivity index (χ0) is 14.8. The Kier molecular flexibility index (Phi) is 3.52. The lowest BCUT2D eigenvalue weighted by Gasteiger charge is -2.11. The molecule has 0 saturated heterocycles. The van der Waals surface area contributed by atoms with Crippen molar-refractivity contribution in [1.82, 2.24) is 4.98 Å². The summed E-state index contributed by atoms with van der Waals surface area (Å²) in [5.74, 6) is 1.44. The van der Waals surface area contributed by atoms with E-state index in [2.05, 4.69) is 54.1 Å². The van der Waals surface area contributed by atoms with Gasteiger partial charge in [-0.2, -0.15) is 0 Å². The van der Waals surface area contributed by atoms with E-state index in [4.69, 9.17) is 4.42 Å². The van der Waals surface area contributed by atoms with E-state index in [1.165, 1.54) is 5.46 Å². The van der Waals surface area contributed by atoms with Gasteiger partial charge in [0, 0.05) is 30.9 Å². The molecule has 0 saturated carbocycles. The highest BCUT2D eigenvalue weighted by Gasteiger charge is 2.08. The van der Waals surface area contributed by atoms with Gasteiger partial charge in [-0.1, -0.05) is 29.7 Å². The van der Waals surface area contributed by atoms with Crippen LogP contribution in [0.15, 0.2) is 59.1 Å². The first-order valence-electron chi connectivity index (χ1n) is 6.94. The molecule has 0 aliphatic carbocycles. The topological polar surface area (TPSA) is 29.3 Å². The predicted molar refractivity (Wildman–Crippen MR) is 89.9 cm³/mol. The van der Waals surface area contributed by atoms with Gasteiger partial charge in [0.1, 0.15) is 7.85 Å². The highest BCUT2D eigenvalue weighted by Crippen LogP contribution is 2.26. The highest BCUT2D eigenvalue weighted by molar-refractivity contribution is 6.32. The lowest BCUT2D eigenvalue weighted by molar-refractivity contribution is 0.589. The van der Waals surface area contributed by atoms with Crippen molar-refractivity contribution in [2.75, 3.05) is 19.0 Å². The second-order valence-electron chi connectivity index (χ2n) is 5.34. The van der Waals surface area contributed by atoms with Crippen LogP contribution in [0.1, 0.15) is 0 Å². The summed E-state index contributed by atoms with van der Waals surface area (Å²) in [5, 5.41) is 0. The molecule has 1 heterocycles. The Morgan fingerprint density at radius 3 is 2.14 bits per heavy atom. The monoisotopic (exact) mass is 276 g/mol. The standard InChI is InChI=1S/C17H17BN2O/c1-20(2)15-9-5-12(6-10-15)16-11-19-17(21-16)13-3-7-14(18)8-4-13/h3-11H,18H2,1-2H3. The Morgan fingerprint density at radius 1 is 0.905 bits per heavy atom. The van der Waals surface area contributed by atoms with Gasteiger partial charge in [-0.3, -0.25) is 0 Å². The molecular weight excluding hydrogens is 259 g/mol. The van der Waals surface area contributed by atoms with Crippen LogP contribution < -0.4 is 10.4 Å². The fourth-order valence-corrected chi connectivity index (χ4v) is 2.16. The van der Waals surface area contributed by atoms with Crippen molar-refractivity contribution >= 4 is 19.0 Å². The first-order chi connectivity index (χ1) is 10.1. The van der Waals surface area contributed by atoms with Gasteiger partial charge < -0.3 is 9.32 Å². The van der Waals surface area contributed by atoms with Crippen LogP contribution >= 0.6 is 0 Å². The van der Waals surface area contributed by atoms with E-state index in [1.54, 1.807) is 6.20 Å². The Morgan fingerprint density at radius 2 is 1.52 bits per heavy atom. The van der Waals surface area contributed by atoms with E-state index < -0.39 is 0 Å². The van der Waals surface area contributed by atoms with Crippen molar-refractivity contribution in [3.8, 4) is 22.8 Å². The molecular formula is C17H17BN2O. The van der Waals surface area contributed by atoms with Gasteiger partial charge >= 0.3 is 0 Å². The third-order valence-electron chi connectivity index (χ3n) is 3.47. The van der Waals surface area contributed by atoms with E-state index in [0.29, 0.717) is 5.89 Å².